The summed E-state index contributed by atoms with van der Waals surface area (Å²) in [6.45, 7) is 7.32. The highest BCUT2D eigenvalue weighted by Gasteiger charge is 2.06. The van der Waals surface area contributed by atoms with Gasteiger partial charge in [-0.2, -0.15) is 0 Å². The molecule has 0 radical (unpaired) electrons. The third-order valence-electron chi connectivity index (χ3n) is 2.55. The number of unbranched alkanes of at least 4 members (excludes halogenated alkanes) is 1. The van der Waals surface area contributed by atoms with Gasteiger partial charge in [-0.3, -0.25) is 4.79 Å². The molecule has 1 unspecified atom stereocenters. The van der Waals surface area contributed by atoms with Gasteiger partial charge in [-0.25, -0.2) is 0 Å². The van der Waals surface area contributed by atoms with Gasteiger partial charge in [0.15, 0.2) is 5.78 Å². The molecule has 0 aromatic carbocycles. The molecule has 2 heteroatoms. The van der Waals surface area contributed by atoms with Gasteiger partial charge in [0, 0.05) is 13.0 Å². The quantitative estimate of drug-likeness (QED) is 0.571. The third kappa shape index (κ3) is 7.07. The molecular weight excluding hydrogens is 176 g/mol. The molecule has 1 atom stereocenters. The fraction of sp³-hybridized carbons (Fsp3) is 0.917. The van der Waals surface area contributed by atoms with E-state index in [1.165, 1.54) is 19.3 Å². The van der Waals surface area contributed by atoms with Crippen LogP contribution in [0.15, 0.2) is 0 Å². The Labute approximate surface area is 88.0 Å². The Hall–Kier alpha value is -0.370. The molecule has 14 heavy (non-hydrogen) atoms. The first kappa shape index (κ1) is 13.6. The van der Waals surface area contributed by atoms with Crippen LogP contribution in [0.3, 0.4) is 0 Å². The summed E-state index contributed by atoms with van der Waals surface area (Å²) >= 11 is 0. The Kier molecular flexibility index (Phi) is 8.95. The number of hydrogen-bond acceptors (Lipinski definition) is 2. The van der Waals surface area contributed by atoms with Crippen LogP contribution in [0.1, 0.15) is 52.9 Å². The van der Waals surface area contributed by atoms with Crippen LogP contribution in [0.5, 0.6) is 0 Å². The summed E-state index contributed by atoms with van der Waals surface area (Å²) in [7, 11) is 0. The van der Waals surface area contributed by atoms with Gasteiger partial charge in [0.2, 0.25) is 0 Å². The molecule has 0 heterocycles. The van der Waals surface area contributed by atoms with Crippen molar-refractivity contribution in [3.8, 4) is 0 Å². The highest BCUT2D eigenvalue weighted by Crippen LogP contribution is 2.12. The van der Waals surface area contributed by atoms with Crippen molar-refractivity contribution in [2.45, 2.75) is 52.9 Å². The van der Waals surface area contributed by atoms with Crippen molar-refractivity contribution in [1.82, 2.24) is 0 Å². The van der Waals surface area contributed by atoms with Gasteiger partial charge in [0.25, 0.3) is 0 Å². The van der Waals surface area contributed by atoms with Crippen molar-refractivity contribution in [2.75, 3.05) is 13.2 Å². The summed E-state index contributed by atoms with van der Waals surface area (Å²) in [5.41, 5.74) is 0. The first-order valence-electron chi connectivity index (χ1n) is 5.83. The fourth-order valence-corrected chi connectivity index (χ4v) is 1.34. The van der Waals surface area contributed by atoms with E-state index in [-0.39, 0.29) is 5.78 Å². The molecule has 0 bridgehead atoms. The SMILES string of the molecule is CCCCC(CC)COCC(=O)CC. The smallest absolute Gasteiger partial charge is 0.158 e. The van der Waals surface area contributed by atoms with E-state index in [0.29, 0.717) is 18.9 Å². The lowest BCUT2D eigenvalue weighted by Gasteiger charge is -2.13. The molecule has 2 nitrogen and oxygen atoms in total. The Bertz CT molecular complexity index is 143. The zero-order valence-corrected chi connectivity index (χ0v) is 9.84. The van der Waals surface area contributed by atoms with Crippen LogP contribution in [-0.2, 0) is 9.53 Å². The zero-order valence-electron chi connectivity index (χ0n) is 9.84. The van der Waals surface area contributed by atoms with E-state index in [1.807, 2.05) is 6.92 Å². The molecule has 0 aromatic heterocycles. The number of rotatable bonds is 9. The molecule has 0 amide bonds. The van der Waals surface area contributed by atoms with E-state index in [9.17, 15) is 4.79 Å². The van der Waals surface area contributed by atoms with E-state index >= 15 is 0 Å². The van der Waals surface area contributed by atoms with Crippen molar-refractivity contribution in [3.63, 3.8) is 0 Å². The summed E-state index contributed by atoms with van der Waals surface area (Å²) < 4.78 is 5.39. The van der Waals surface area contributed by atoms with Gasteiger partial charge in [-0.05, 0) is 12.3 Å². The summed E-state index contributed by atoms with van der Waals surface area (Å²) in [5, 5.41) is 0. The predicted molar refractivity (Wildman–Crippen MR) is 59.4 cm³/mol. The van der Waals surface area contributed by atoms with Crippen LogP contribution in [0, 0.1) is 5.92 Å². The van der Waals surface area contributed by atoms with Gasteiger partial charge in [-0.15, -0.1) is 0 Å². The number of ether oxygens (including phenoxy) is 1. The molecule has 0 rings (SSSR count). The summed E-state index contributed by atoms with van der Waals surface area (Å²) in [5.74, 6) is 0.843. The maximum Gasteiger partial charge on any atom is 0.158 e. The second-order valence-electron chi connectivity index (χ2n) is 3.82. The number of carbonyl (C=O) groups is 1. The molecule has 0 aliphatic rings. The maximum atomic E-state index is 11.0. The van der Waals surface area contributed by atoms with Crippen molar-refractivity contribution in [2.24, 2.45) is 5.92 Å². The largest absolute Gasteiger partial charge is 0.373 e. The Morgan fingerprint density at radius 2 is 2.00 bits per heavy atom. The topological polar surface area (TPSA) is 26.3 Å². The highest BCUT2D eigenvalue weighted by atomic mass is 16.5. The van der Waals surface area contributed by atoms with E-state index < -0.39 is 0 Å². The minimum atomic E-state index is 0.204. The second kappa shape index (κ2) is 9.20. The first-order valence-corrected chi connectivity index (χ1v) is 5.83. The molecule has 0 saturated heterocycles. The van der Waals surface area contributed by atoms with Crippen LogP contribution < -0.4 is 0 Å². The number of carbonyl (C=O) groups excluding carboxylic acids is 1. The second-order valence-corrected chi connectivity index (χ2v) is 3.82. The van der Waals surface area contributed by atoms with Crippen LogP contribution in [0.25, 0.3) is 0 Å². The fourth-order valence-electron chi connectivity index (χ4n) is 1.34. The number of hydrogen-bond donors (Lipinski definition) is 0. The highest BCUT2D eigenvalue weighted by molar-refractivity contribution is 5.79. The van der Waals surface area contributed by atoms with Gasteiger partial charge in [0.05, 0.1) is 0 Å². The van der Waals surface area contributed by atoms with E-state index in [4.69, 9.17) is 4.74 Å². The van der Waals surface area contributed by atoms with Crippen molar-refractivity contribution in [1.29, 1.82) is 0 Å². The standard InChI is InChI=1S/C12H24O2/c1-4-7-8-11(5-2)9-14-10-12(13)6-3/h11H,4-10H2,1-3H3. The average Bonchev–Trinajstić information content (AvgIpc) is 2.22. The molecule has 0 aliphatic heterocycles. The van der Waals surface area contributed by atoms with Gasteiger partial charge < -0.3 is 4.74 Å². The maximum absolute atomic E-state index is 11.0. The zero-order chi connectivity index (χ0) is 10.8. The molecule has 0 aliphatic carbocycles. The Morgan fingerprint density at radius 3 is 2.50 bits per heavy atom. The summed E-state index contributed by atoms with van der Waals surface area (Å²) in [6.07, 6.45) is 5.48. The van der Waals surface area contributed by atoms with E-state index in [2.05, 4.69) is 13.8 Å². The van der Waals surface area contributed by atoms with Crippen molar-refractivity contribution < 1.29 is 9.53 Å². The molecule has 0 N–H and O–H groups in total. The summed E-state index contributed by atoms with van der Waals surface area (Å²) in [6, 6.07) is 0. The lowest BCUT2D eigenvalue weighted by atomic mass is 10.0. The minimum Gasteiger partial charge on any atom is -0.373 e. The summed E-state index contributed by atoms with van der Waals surface area (Å²) in [4.78, 5) is 11.0. The van der Waals surface area contributed by atoms with Crippen LogP contribution in [-0.4, -0.2) is 19.0 Å². The lowest BCUT2D eigenvalue weighted by Crippen LogP contribution is -2.14. The van der Waals surface area contributed by atoms with Gasteiger partial charge >= 0.3 is 0 Å². The van der Waals surface area contributed by atoms with Crippen LogP contribution in [0.4, 0.5) is 0 Å². The molecule has 0 aromatic rings. The Morgan fingerprint density at radius 1 is 1.29 bits per heavy atom. The molecular formula is C12H24O2. The molecule has 84 valence electrons. The van der Waals surface area contributed by atoms with Crippen LogP contribution in [0.2, 0.25) is 0 Å². The predicted octanol–water partition coefficient (Wildman–Crippen LogP) is 3.20. The monoisotopic (exact) mass is 200 g/mol. The Balaban J connectivity index is 3.46. The number of Topliss-reactive ketones (excluding diaryl/α,β-unsaturated/α-hetero) is 1. The van der Waals surface area contributed by atoms with Crippen molar-refractivity contribution >= 4 is 5.78 Å². The molecule has 0 spiro atoms. The third-order valence-corrected chi connectivity index (χ3v) is 2.55. The van der Waals surface area contributed by atoms with E-state index in [1.54, 1.807) is 0 Å². The minimum absolute atomic E-state index is 0.204. The van der Waals surface area contributed by atoms with Crippen LogP contribution >= 0.6 is 0 Å². The molecule has 0 saturated carbocycles. The van der Waals surface area contributed by atoms with Gasteiger partial charge in [-0.1, -0.05) is 40.0 Å². The van der Waals surface area contributed by atoms with E-state index in [0.717, 1.165) is 13.0 Å². The van der Waals surface area contributed by atoms with Gasteiger partial charge in [0.1, 0.15) is 6.61 Å². The van der Waals surface area contributed by atoms with Crippen molar-refractivity contribution in [3.05, 3.63) is 0 Å². The lowest BCUT2D eigenvalue weighted by molar-refractivity contribution is -0.123. The molecule has 0 fully saturated rings. The number of ketones is 1. The average molecular weight is 200 g/mol. The first-order chi connectivity index (χ1) is 6.74. The normalized spacial score (nSPS) is 12.8.